The summed E-state index contributed by atoms with van der Waals surface area (Å²) in [6, 6.07) is 8.80. The maximum absolute atomic E-state index is 13.0. The van der Waals surface area contributed by atoms with Gasteiger partial charge in [0.1, 0.15) is 0 Å². The monoisotopic (exact) mass is 329 g/mol. The van der Waals surface area contributed by atoms with Crippen molar-refractivity contribution in [3.05, 3.63) is 35.9 Å². The van der Waals surface area contributed by atoms with Crippen molar-refractivity contribution in [2.24, 2.45) is 5.41 Å². The summed E-state index contributed by atoms with van der Waals surface area (Å²) in [5.41, 5.74) is -1.16. The topological polar surface area (TPSA) is 57.6 Å². The van der Waals surface area contributed by atoms with Crippen molar-refractivity contribution in [2.45, 2.75) is 38.4 Å². The van der Waals surface area contributed by atoms with Gasteiger partial charge in [-0.05, 0) is 18.4 Å². The van der Waals surface area contributed by atoms with Crippen LogP contribution in [-0.2, 0) is 16.1 Å². The number of alkyl halides is 3. The van der Waals surface area contributed by atoms with Crippen molar-refractivity contribution in [1.82, 2.24) is 4.90 Å². The van der Waals surface area contributed by atoms with E-state index in [1.807, 2.05) is 0 Å². The van der Waals surface area contributed by atoms with E-state index < -0.39 is 29.9 Å². The van der Waals surface area contributed by atoms with E-state index in [1.54, 1.807) is 30.3 Å². The molecule has 0 spiro atoms. The third-order valence-corrected chi connectivity index (χ3v) is 4.11. The lowest BCUT2D eigenvalue weighted by Crippen LogP contribution is -2.37. The van der Waals surface area contributed by atoms with E-state index in [9.17, 15) is 22.8 Å². The van der Waals surface area contributed by atoms with Gasteiger partial charge in [-0.2, -0.15) is 13.2 Å². The second-order valence-electron chi connectivity index (χ2n) is 5.90. The zero-order chi connectivity index (χ0) is 17.1. The Morgan fingerprint density at radius 3 is 2.26 bits per heavy atom. The van der Waals surface area contributed by atoms with E-state index in [0.717, 1.165) is 5.56 Å². The Hall–Kier alpha value is -2.05. The number of benzene rings is 1. The summed E-state index contributed by atoms with van der Waals surface area (Å²) in [6.45, 7) is 0.0118. The summed E-state index contributed by atoms with van der Waals surface area (Å²) < 4.78 is 39.0. The van der Waals surface area contributed by atoms with E-state index >= 15 is 0 Å². The van der Waals surface area contributed by atoms with Gasteiger partial charge in [0, 0.05) is 19.5 Å². The number of aliphatic carboxylic acids is 1. The molecule has 0 aliphatic heterocycles. The van der Waals surface area contributed by atoms with Crippen molar-refractivity contribution in [1.29, 1.82) is 0 Å². The molecule has 7 heteroatoms. The highest BCUT2D eigenvalue weighted by Gasteiger charge is 2.64. The van der Waals surface area contributed by atoms with Crippen LogP contribution in [0.25, 0.3) is 0 Å². The number of hydrogen-bond acceptors (Lipinski definition) is 2. The summed E-state index contributed by atoms with van der Waals surface area (Å²) in [4.78, 5) is 24.2. The third-order valence-electron chi connectivity index (χ3n) is 4.11. The molecule has 1 saturated carbocycles. The highest BCUT2D eigenvalue weighted by Crippen LogP contribution is 2.60. The zero-order valence-electron chi connectivity index (χ0n) is 12.5. The van der Waals surface area contributed by atoms with E-state index in [0.29, 0.717) is 0 Å². The van der Waals surface area contributed by atoms with Gasteiger partial charge in [0.2, 0.25) is 5.91 Å². The van der Waals surface area contributed by atoms with Gasteiger partial charge in [0.25, 0.3) is 0 Å². The highest BCUT2D eigenvalue weighted by molar-refractivity contribution is 5.78. The molecule has 0 atom stereocenters. The molecule has 0 saturated heterocycles. The van der Waals surface area contributed by atoms with E-state index in [-0.39, 0.29) is 32.4 Å². The largest absolute Gasteiger partial charge is 0.481 e. The third kappa shape index (κ3) is 4.46. The molecule has 1 aliphatic carbocycles. The van der Waals surface area contributed by atoms with Crippen molar-refractivity contribution in [3.63, 3.8) is 0 Å². The zero-order valence-corrected chi connectivity index (χ0v) is 12.5. The number of hydrogen-bond donors (Lipinski definition) is 1. The summed E-state index contributed by atoms with van der Waals surface area (Å²) in [6.07, 6.45) is -5.38. The van der Waals surface area contributed by atoms with Gasteiger partial charge in [-0.3, -0.25) is 9.59 Å². The van der Waals surface area contributed by atoms with Gasteiger partial charge in [0.15, 0.2) is 0 Å². The lowest BCUT2D eigenvalue weighted by Gasteiger charge is -2.26. The molecule has 1 aliphatic rings. The lowest BCUT2D eigenvalue weighted by molar-refractivity contribution is -0.192. The summed E-state index contributed by atoms with van der Waals surface area (Å²) in [5, 5.41) is 8.77. The molecule has 1 fully saturated rings. The Bertz CT molecular complexity index is 568. The van der Waals surface area contributed by atoms with Gasteiger partial charge < -0.3 is 10.0 Å². The van der Waals surface area contributed by atoms with Crippen LogP contribution < -0.4 is 0 Å². The number of nitrogens with zero attached hydrogens (tertiary/aromatic N) is 1. The average Bonchev–Trinajstić information content (AvgIpc) is 3.24. The number of carboxylic acid groups (broad SMARTS) is 1. The van der Waals surface area contributed by atoms with Crippen LogP contribution in [0.3, 0.4) is 0 Å². The molecule has 0 radical (unpaired) electrons. The summed E-state index contributed by atoms with van der Waals surface area (Å²) in [5.74, 6) is -1.74. The molecule has 1 amide bonds. The van der Waals surface area contributed by atoms with E-state index in [2.05, 4.69) is 0 Å². The Kier molecular flexibility index (Phi) is 4.97. The number of carboxylic acids is 1. The normalized spacial score (nSPS) is 16.0. The van der Waals surface area contributed by atoms with E-state index in [1.165, 1.54) is 4.90 Å². The summed E-state index contributed by atoms with van der Waals surface area (Å²) >= 11 is 0. The van der Waals surface area contributed by atoms with Gasteiger partial charge in [-0.1, -0.05) is 30.3 Å². The molecule has 2 rings (SSSR count). The van der Waals surface area contributed by atoms with Crippen LogP contribution in [0.5, 0.6) is 0 Å². The fourth-order valence-electron chi connectivity index (χ4n) is 2.44. The van der Waals surface area contributed by atoms with Crippen LogP contribution in [0, 0.1) is 5.41 Å². The number of halogens is 3. The molecule has 1 aromatic carbocycles. The fraction of sp³-hybridized carbons (Fsp3) is 0.500. The smallest absolute Gasteiger partial charge is 0.395 e. The number of carbonyl (C=O) groups excluding carboxylic acids is 1. The second kappa shape index (κ2) is 6.60. The first-order valence-electron chi connectivity index (χ1n) is 7.34. The Morgan fingerprint density at radius 2 is 1.78 bits per heavy atom. The predicted molar refractivity (Wildman–Crippen MR) is 76.5 cm³/mol. The minimum atomic E-state index is -4.39. The molecule has 0 heterocycles. The Balaban J connectivity index is 2.06. The molecule has 0 bridgehead atoms. The first-order valence-corrected chi connectivity index (χ1v) is 7.34. The second-order valence-corrected chi connectivity index (χ2v) is 5.90. The Labute approximate surface area is 131 Å². The van der Waals surface area contributed by atoms with Gasteiger partial charge >= 0.3 is 12.1 Å². The van der Waals surface area contributed by atoms with Gasteiger partial charge in [0.05, 0.1) is 11.8 Å². The number of amides is 1. The molecule has 4 nitrogen and oxygen atoms in total. The Morgan fingerprint density at radius 1 is 1.17 bits per heavy atom. The quantitative estimate of drug-likeness (QED) is 0.835. The van der Waals surface area contributed by atoms with Gasteiger partial charge in [-0.15, -0.1) is 0 Å². The van der Waals surface area contributed by atoms with Crippen LogP contribution in [0.1, 0.15) is 31.2 Å². The molecule has 23 heavy (non-hydrogen) atoms. The molecule has 0 aromatic heterocycles. The SMILES string of the molecule is O=C(O)CCN(Cc1ccccc1)C(=O)CC1(C(F)(F)F)CC1. The predicted octanol–water partition coefficient (Wildman–Crippen LogP) is 3.22. The van der Waals surface area contributed by atoms with Crippen molar-refractivity contribution in [3.8, 4) is 0 Å². The minimum Gasteiger partial charge on any atom is -0.481 e. The maximum Gasteiger partial charge on any atom is 0.395 e. The van der Waals surface area contributed by atoms with Crippen LogP contribution in [0.15, 0.2) is 30.3 Å². The molecular formula is C16H18F3NO3. The van der Waals surface area contributed by atoms with Crippen molar-refractivity contribution in [2.75, 3.05) is 6.54 Å². The maximum atomic E-state index is 13.0. The number of carbonyl (C=O) groups is 2. The standard InChI is InChI=1S/C16H18F3NO3/c17-16(18,19)15(7-8-15)10-13(21)20(9-6-14(22)23)11-12-4-2-1-3-5-12/h1-5H,6-11H2,(H,22,23). The minimum absolute atomic E-state index is 0.0413. The van der Waals surface area contributed by atoms with Crippen LogP contribution in [-0.4, -0.2) is 34.6 Å². The van der Waals surface area contributed by atoms with Gasteiger partial charge in [-0.25, -0.2) is 0 Å². The fourth-order valence-corrected chi connectivity index (χ4v) is 2.44. The number of rotatable bonds is 7. The molecular weight excluding hydrogens is 311 g/mol. The average molecular weight is 329 g/mol. The lowest BCUT2D eigenvalue weighted by atomic mass is 10.0. The molecule has 0 unspecified atom stereocenters. The van der Waals surface area contributed by atoms with Crippen LogP contribution >= 0.6 is 0 Å². The first-order chi connectivity index (χ1) is 10.7. The summed E-state index contributed by atoms with van der Waals surface area (Å²) in [7, 11) is 0. The highest BCUT2D eigenvalue weighted by atomic mass is 19.4. The first kappa shape index (κ1) is 17.3. The van der Waals surface area contributed by atoms with Crippen LogP contribution in [0.2, 0.25) is 0 Å². The molecule has 1 N–H and O–H groups in total. The van der Waals surface area contributed by atoms with Crippen molar-refractivity contribution < 1.29 is 27.9 Å². The van der Waals surface area contributed by atoms with Crippen LogP contribution in [0.4, 0.5) is 13.2 Å². The van der Waals surface area contributed by atoms with Crippen molar-refractivity contribution >= 4 is 11.9 Å². The molecule has 126 valence electrons. The van der Waals surface area contributed by atoms with E-state index in [4.69, 9.17) is 5.11 Å². The molecule has 1 aromatic rings.